The molecule has 23 rings (SSSR count). The van der Waals surface area contributed by atoms with Gasteiger partial charge in [-0.3, -0.25) is 13.7 Å². The van der Waals surface area contributed by atoms with Gasteiger partial charge in [0.1, 0.15) is 59.9 Å². The molecule has 8 aromatic carbocycles. The lowest BCUT2D eigenvalue weighted by Crippen LogP contribution is -2.34. The quantitative estimate of drug-likeness (QED) is 0.118. The molecule has 15 heterocycles. The molecule has 6 atom stereocenters. The van der Waals surface area contributed by atoms with Crippen molar-refractivity contribution >= 4 is 61.8 Å². The summed E-state index contributed by atoms with van der Waals surface area (Å²) in [6.07, 6.45) is 23.9. The molecule has 15 heteroatoms. The van der Waals surface area contributed by atoms with Gasteiger partial charge in [0.25, 0.3) is 0 Å². The smallest absolute Gasteiger partial charge is 0.123 e. The third-order valence-electron chi connectivity index (χ3n) is 26.3. The van der Waals surface area contributed by atoms with Crippen LogP contribution in [-0.4, -0.2) is 113 Å². The van der Waals surface area contributed by atoms with Gasteiger partial charge in [-0.2, -0.15) is 0 Å². The van der Waals surface area contributed by atoms with E-state index in [1.54, 1.807) is 55.4 Å². The van der Waals surface area contributed by atoms with Crippen LogP contribution in [0.4, 0.5) is 29.1 Å². The SMILES string of the molecule is [2H]C(C)(C)c1ccccc1-n1c2c(c3ccccc31)CC1N2C=CN1C([2H])([2H])[2H].[2H]C([2H])([2H])N1C=CN2c3c(c4ccccc4n3-c3c(C(C)C)cccc3C(C)C)CC21.[2H]C([2H])([2H])N1C=CN2c3c(c4ccccc4n3-c3ccccc3C(C)C)CC21.[2H]C([2H])([2H])N1C=CN2c3c(ccn3-c3c(C(C)C)cccc3C(C)C)CC21.[2H]C([2H])([2H])N1C=CN2c3c(ccn3-c3ccccc3C([2H])(C)C([2H])([2H])[2H])CC21. The highest BCUT2D eigenvalue weighted by molar-refractivity contribution is 5.97. The van der Waals surface area contributed by atoms with Crippen molar-refractivity contribution in [3.8, 4) is 28.4 Å². The number of nitrogens with zero attached hydrogens (tertiary/aromatic N) is 15. The van der Waals surface area contributed by atoms with Crippen molar-refractivity contribution < 1.29 is 27.4 Å². The maximum atomic E-state index is 8.66. The van der Waals surface area contributed by atoms with Crippen molar-refractivity contribution in [1.82, 2.24) is 47.3 Å². The molecule has 10 aliphatic rings. The first-order chi connectivity index (χ1) is 67.4. The molecule has 0 fully saturated rings. The number of rotatable bonds is 12. The maximum Gasteiger partial charge on any atom is 0.123 e. The van der Waals surface area contributed by atoms with Crippen LogP contribution >= 0.6 is 0 Å². The van der Waals surface area contributed by atoms with E-state index in [-0.39, 0.29) is 30.8 Å². The first kappa shape index (κ1) is 60.2. The Labute approximate surface area is 757 Å². The summed E-state index contributed by atoms with van der Waals surface area (Å²) in [6, 6.07) is 66.0. The fourth-order valence-electron chi connectivity index (χ4n) is 20.4. The zero-order valence-electron chi connectivity index (χ0n) is 92.4. The van der Waals surface area contributed by atoms with Crippen LogP contribution in [-0.2, 0) is 32.1 Å². The van der Waals surface area contributed by atoms with Crippen molar-refractivity contribution in [2.45, 2.75) is 201 Å². The third-order valence-corrected chi connectivity index (χ3v) is 26.3. The highest BCUT2D eigenvalue weighted by Gasteiger charge is 2.44. The molecule has 0 radical (unpaired) electrons. The number of para-hydroxylation sites is 8. The van der Waals surface area contributed by atoms with Gasteiger partial charge in [0.2, 0.25) is 0 Å². The zero-order valence-corrected chi connectivity index (χ0v) is 72.4. The standard InChI is InChI=1S/C25H29N3.2C22H23N3.C21H27N3.C18H21N3/c1-16(2)18-10-8-11-19(17(3)4)24(18)28-22-12-7-6-9-20(22)21-15-23-26(5)13-14-27(23)25(21)28;2*1-15(2)16-8-4-6-10-19(16)25-20-11-7-5-9-17(20)18-14-21-23(3)12-13-24(21)22(18)25;1-14(2)17-7-6-8-18(15(3)4)20(17)24-10-9-16-13-19-22(5)11-12-23(19)21(16)24;1-13(2)15-6-4-5-7-16(15)20-9-8-14-12-17-19(3)10-11-21(17)18(14)20/h6-14,16-17,23H,15H2,1-5H3;2*4-13,15,21H,14H2,1-3H3;6-12,14-15,19H,13H2,1-5H3;4-11,13,17H,12H2,1-3H3/i5D3;3D3,15D;3D3;5D3;1D3,3D3,13D. The molecule has 0 saturated heterocycles. The summed E-state index contributed by atoms with van der Waals surface area (Å²) in [6.45, 7) is 14.1. The van der Waals surface area contributed by atoms with E-state index in [4.69, 9.17) is 27.4 Å². The number of hydrogen-bond acceptors (Lipinski definition) is 10. The molecule has 0 aliphatic carbocycles. The van der Waals surface area contributed by atoms with Gasteiger partial charge in [0.05, 0.1) is 45.0 Å². The molecule has 15 nitrogen and oxygen atoms in total. The van der Waals surface area contributed by atoms with Crippen molar-refractivity contribution in [1.29, 1.82) is 0 Å². The van der Waals surface area contributed by atoms with Gasteiger partial charge in [-0.05, 0) is 140 Å². The van der Waals surface area contributed by atoms with Gasteiger partial charge in [0, 0.05) is 202 Å². The van der Waals surface area contributed by atoms with E-state index in [2.05, 4.69) is 241 Å². The monoisotopic (exact) mass is 1650 g/mol. The zero-order chi connectivity index (χ0) is 102. The van der Waals surface area contributed by atoms with Gasteiger partial charge in [-0.1, -0.05) is 242 Å². The van der Waals surface area contributed by atoms with Gasteiger partial charge in [0.15, 0.2) is 0 Å². The molecule has 13 aromatic rings. The third kappa shape index (κ3) is 13.3. The molecule has 0 spiro atoms. The van der Waals surface area contributed by atoms with Gasteiger partial charge < -0.3 is 58.1 Å². The van der Waals surface area contributed by atoms with E-state index in [0.717, 1.165) is 68.1 Å². The minimum Gasteiger partial charge on any atom is -0.358 e. The summed E-state index contributed by atoms with van der Waals surface area (Å²) in [4.78, 5) is 17.7. The molecule has 0 N–H and O–H groups in total. The minimum atomic E-state index is -2.49. The largest absolute Gasteiger partial charge is 0.358 e. The van der Waals surface area contributed by atoms with Crippen LogP contribution in [0.2, 0.25) is 0 Å². The molecule has 5 aromatic heterocycles. The van der Waals surface area contributed by atoms with E-state index in [1.807, 2.05) is 103 Å². The molecule has 0 bridgehead atoms. The van der Waals surface area contributed by atoms with Gasteiger partial charge in [-0.25, -0.2) is 0 Å². The van der Waals surface area contributed by atoms with Crippen molar-refractivity contribution in [3.05, 3.63) is 335 Å². The van der Waals surface area contributed by atoms with Gasteiger partial charge >= 0.3 is 0 Å². The fourth-order valence-corrected chi connectivity index (χ4v) is 20.4. The summed E-state index contributed by atoms with van der Waals surface area (Å²) in [5, 5.41) is 3.54. The second-order valence-electron chi connectivity index (χ2n) is 35.6. The first-order valence-electron chi connectivity index (χ1n) is 53.5. The second-order valence-corrected chi connectivity index (χ2v) is 35.6. The summed E-state index contributed by atoms with van der Waals surface area (Å²) < 4.78 is 170. The Kier molecular flexibility index (Phi) is 15.6. The average molecular weight is 1650 g/mol. The minimum absolute atomic E-state index is 0.163. The van der Waals surface area contributed by atoms with Crippen molar-refractivity contribution in [2.24, 2.45) is 0 Å². The molecular weight excluding hydrogens is 1510 g/mol. The average Bonchev–Trinajstić information content (AvgIpc) is 1.54. The number of fused-ring (bicyclic) bond motifs is 21. The number of anilines is 5. The number of aromatic nitrogens is 5. The molecule has 0 amide bonds. The summed E-state index contributed by atoms with van der Waals surface area (Å²) >= 11 is 0. The lowest BCUT2D eigenvalue weighted by molar-refractivity contribution is 0.367. The first-order valence-corrected chi connectivity index (χ1v) is 43.5. The summed E-state index contributed by atoms with van der Waals surface area (Å²) in [5.74, 6) is 4.47. The number of hydrogen-bond donors (Lipinski definition) is 0. The molecule has 630 valence electrons. The topological polar surface area (TPSA) is 57.1 Å². The lowest BCUT2D eigenvalue weighted by Gasteiger charge is -2.28. The Bertz CT molecular complexity index is 7160. The van der Waals surface area contributed by atoms with Crippen LogP contribution in [0.5, 0.6) is 0 Å². The number of likely N-dealkylation sites (N-methyl/N-ethyl adjacent to an activating group) is 5. The van der Waals surface area contributed by atoms with E-state index in [9.17, 15) is 0 Å². The molecule has 0 saturated carbocycles. The Morgan fingerprint density at radius 1 is 0.268 bits per heavy atom. The van der Waals surface area contributed by atoms with E-state index < -0.39 is 53.5 Å². The highest BCUT2D eigenvalue weighted by Crippen LogP contribution is 2.52. The predicted molar refractivity (Wildman–Crippen MR) is 514 cm³/mol. The van der Waals surface area contributed by atoms with E-state index in [0.29, 0.717) is 72.9 Å². The van der Waals surface area contributed by atoms with Crippen LogP contribution in [0, 0.1) is 0 Å². The van der Waals surface area contributed by atoms with E-state index >= 15 is 0 Å². The van der Waals surface area contributed by atoms with Crippen molar-refractivity contribution in [3.63, 3.8) is 0 Å². The Balaban J connectivity index is 0.000000113. The predicted octanol–water partition coefficient (Wildman–Crippen LogP) is 24.2. The van der Waals surface area contributed by atoms with Crippen LogP contribution < -0.4 is 24.5 Å². The highest BCUT2D eigenvalue weighted by atomic mass is 15.5. The van der Waals surface area contributed by atoms with Crippen LogP contribution in [0.15, 0.2) is 269 Å². The second kappa shape index (κ2) is 31.8. The van der Waals surface area contributed by atoms with Crippen LogP contribution in [0.25, 0.3) is 61.1 Å². The Morgan fingerprint density at radius 2 is 0.569 bits per heavy atom. The normalized spacial score (nSPS) is 22.2. The lowest BCUT2D eigenvalue weighted by atomic mass is 9.92. The van der Waals surface area contributed by atoms with Crippen LogP contribution in [0.3, 0.4) is 0 Å². The van der Waals surface area contributed by atoms with Gasteiger partial charge in [-0.15, -0.1) is 0 Å². The Morgan fingerprint density at radius 3 is 0.959 bits per heavy atom. The Hall–Kier alpha value is -12.4. The fraction of sp³-hybridized carbons (Fsp3) is 0.333. The maximum absolute atomic E-state index is 8.66. The summed E-state index contributed by atoms with van der Waals surface area (Å²) in [7, 11) is 0. The number of benzene rings is 8. The molecule has 10 aliphatic heterocycles. The summed E-state index contributed by atoms with van der Waals surface area (Å²) in [5.41, 5.74) is 22.3. The molecular formula is C108H123N15. The van der Waals surface area contributed by atoms with Crippen LogP contribution in [0.1, 0.15) is 232 Å². The molecule has 123 heavy (non-hydrogen) atoms. The van der Waals surface area contributed by atoms with Crippen molar-refractivity contribution in [2.75, 3.05) is 59.4 Å². The molecule has 6 unspecified atom stereocenters. The van der Waals surface area contributed by atoms with E-state index in [1.165, 1.54) is 109 Å².